The van der Waals surface area contributed by atoms with Crippen molar-refractivity contribution in [2.24, 2.45) is 4.99 Å². The van der Waals surface area contributed by atoms with Crippen molar-refractivity contribution in [1.82, 2.24) is 0 Å². The van der Waals surface area contributed by atoms with Crippen LogP contribution in [0.1, 0.15) is 27.8 Å². The number of benzene rings is 3. The SMILES string of the molecule is Cc1ccc(COc2ccc(Br)cc2C=Nc2ccc(C)cc2C)cc1. The van der Waals surface area contributed by atoms with Crippen molar-refractivity contribution in [3.05, 3.63) is 93.0 Å². The molecule has 0 amide bonds. The second-order valence-electron chi connectivity index (χ2n) is 6.50. The number of halogens is 1. The van der Waals surface area contributed by atoms with Gasteiger partial charge in [0.15, 0.2) is 0 Å². The molecule has 0 aliphatic carbocycles. The van der Waals surface area contributed by atoms with Crippen LogP contribution in [0.5, 0.6) is 5.75 Å². The van der Waals surface area contributed by atoms with Gasteiger partial charge in [-0.2, -0.15) is 0 Å². The molecule has 0 saturated heterocycles. The summed E-state index contributed by atoms with van der Waals surface area (Å²) >= 11 is 3.53. The van der Waals surface area contributed by atoms with Crippen LogP contribution in [0.15, 0.2) is 70.1 Å². The Hall–Kier alpha value is -2.39. The predicted octanol–water partition coefficient (Wildman–Crippen LogP) is 6.70. The van der Waals surface area contributed by atoms with Crippen LogP contribution in [0.2, 0.25) is 0 Å². The second-order valence-corrected chi connectivity index (χ2v) is 7.42. The van der Waals surface area contributed by atoms with Crippen LogP contribution in [0, 0.1) is 20.8 Å². The molecular weight excluding hydrogens is 386 g/mol. The third-order valence-corrected chi connectivity index (χ3v) is 4.68. The topological polar surface area (TPSA) is 21.6 Å². The fourth-order valence-corrected chi connectivity index (χ4v) is 3.07. The molecule has 0 aliphatic heterocycles. The van der Waals surface area contributed by atoms with Crippen LogP contribution < -0.4 is 4.74 Å². The molecule has 26 heavy (non-hydrogen) atoms. The summed E-state index contributed by atoms with van der Waals surface area (Å²) in [6, 6.07) is 20.6. The fraction of sp³-hybridized carbons (Fsp3) is 0.174. The van der Waals surface area contributed by atoms with E-state index in [0.717, 1.165) is 27.0 Å². The molecule has 0 N–H and O–H groups in total. The molecule has 0 atom stereocenters. The quantitative estimate of drug-likeness (QED) is 0.430. The number of aryl methyl sites for hydroxylation is 3. The van der Waals surface area contributed by atoms with Crippen LogP contribution in [0.25, 0.3) is 0 Å². The highest BCUT2D eigenvalue weighted by Crippen LogP contribution is 2.25. The van der Waals surface area contributed by atoms with Crippen molar-refractivity contribution in [3.8, 4) is 5.75 Å². The van der Waals surface area contributed by atoms with Gasteiger partial charge in [0.25, 0.3) is 0 Å². The summed E-state index contributed by atoms with van der Waals surface area (Å²) < 4.78 is 7.05. The zero-order valence-electron chi connectivity index (χ0n) is 15.3. The molecule has 0 saturated carbocycles. The summed E-state index contributed by atoms with van der Waals surface area (Å²) in [5.74, 6) is 0.822. The molecule has 3 rings (SSSR count). The molecule has 0 fully saturated rings. The van der Waals surface area contributed by atoms with Gasteiger partial charge in [0.1, 0.15) is 12.4 Å². The van der Waals surface area contributed by atoms with Gasteiger partial charge < -0.3 is 4.74 Å². The lowest BCUT2D eigenvalue weighted by Gasteiger charge is -2.10. The van der Waals surface area contributed by atoms with Crippen molar-refractivity contribution >= 4 is 27.8 Å². The van der Waals surface area contributed by atoms with Crippen molar-refractivity contribution in [2.75, 3.05) is 0 Å². The zero-order valence-corrected chi connectivity index (χ0v) is 16.9. The highest BCUT2D eigenvalue weighted by molar-refractivity contribution is 9.10. The first kappa shape index (κ1) is 18.4. The van der Waals surface area contributed by atoms with E-state index in [4.69, 9.17) is 4.74 Å². The molecule has 0 unspecified atom stereocenters. The molecular formula is C23H22BrNO. The standard InChI is InChI=1S/C23H22BrNO/c1-16-4-7-19(8-5-16)15-26-23-11-9-21(24)13-20(23)14-25-22-10-6-17(2)12-18(22)3/h4-14H,15H2,1-3H3. The summed E-state index contributed by atoms with van der Waals surface area (Å²) in [6.45, 7) is 6.79. The van der Waals surface area contributed by atoms with E-state index in [1.165, 1.54) is 16.7 Å². The summed E-state index contributed by atoms with van der Waals surface area (Å²) in [7, 11) is 0. The predicted molar refractivity (Wildman–Crippen MR) is 113 cm³/mol. The minimum absolute atomic E-state index is 0.534. The van der Waals surface area contributed by atoms with Gasteiger partial charge >= 0.3 is 0 Å². The van der Waals surface area contributed by atoms with Gasteiger partial charge in [-0.05, 0) is 56.2 Å². The molecule has 132 valence electrons. The minimum atomic E-state index is 0.534. The Balaban J connectivity index is 1.81. The molecule has 0 bridgehead atoms. The fourth-order valence-electron chi connectivity index (χ4n) is 2.69. The summed E-state index contributed by atoms with van der Waals surface area (Å²) in [6.07, 6.45) is 1.87. The number of rotatable bonds is 5. The summed E-state index contributed by atoms with van der Waals surface area (Å²) in [5.41, 5.74) is 6.73. The van der Waals surface area contributed by atoms with Crippen molar-refractivity contribution in [1.29, 1.82) is 0 Å². The van der Waals surface area contributed by atoms with E-state index < -0.39 is 0 Å². The van der Waals surface area contributed by atoms with E-state index in [-0.39, 0.29) is 0 Å². The Bertz CT molecular complexity index is 929. The molecule has 0 aliphatic rings. The Morgan fingerprint density at radius 2 is 1.62 bits per heavy atom. The first-order valence-electron chi connectivity index (χ1n) is 8.60. The number of hydrogen-bond acceptors (Lipinski definition) is 2. The molecule has 0 radical (unpaired) electrons. The maximum Gasteiger partial charge on any atom is 0.128 e. The Labute approximate surface area is 163 Å². The monoisotopic (exact) mass is 407 g/mol. The summed E-state index contributed by atoms with van der Waals surface area (Å²) in [4.78, 5) is 4.66. The van der Waals surface area contributed by atoms with E-state index in [1.54, 1.807) is 0 Å². The van der Waals surface area contributed by atoms with E-state index in [2.05, 4.69) is 78.1 Å². The van der Waals surface area contributed by atoms with Gasteiger partial charge in [-0.25, -0.2) is 0 Å². The molecule has 3 heteroatoms. The van der Waals surface area contributed by atoms with Crippen LogP contribution >= 0.6 is 15.9 Å². The molecule has 3 aromatic carbocycles. The molecule has 0 aromatic heterocycles. The van der Waals surface area contributed by atoms with Crippen molar-refractivity contribution in [3.63, 3.8) is 0 Å². The maximum absolute atomic E-state index is 6.04. The smallest absolute Gasteiger partial charge is 0.128 e. The van der Waals surface area contributed by atoms with Gasteiger partial charge in [-0.3, -0.25) is 4.99 Å². The lowest BCUT2D eigenvalue weighted by atomic mass is 10.1. The molecule has 3 aromatic rings. The largest absolute Gasteiger partial charge is 0.488 e. The number of nitrogens with zero attached hydrogens (tertiary/aromatic N) is 1. The average Bonchev–Trinajstić information content (AvgIpc) is 2.61. The molecule has 0 spiro atoms. The van der Waals surface area contributed by atoms with Crippen molar-refractivity contribution in [2.45, 2.75) is 27.4 Å². The van der Waals surface area contributed by atoms with Gasteiger partial charge in [-0.15, -0.1) is 0 Å². The second kappa shape index (κ2) is 8.33. The van der Waals surface area contributed by atoms with E-state index in [9.17, 15) is 0 Å². The zero-order chi connectivity index (χ0) is 18.5. The third-order valence-electron chi connectivity index (χ3n) is 4.18. The third kappa shape index (κ3) is 4.83. The Morgan fingerprint density at radius 3 is 2.35 bits per heavy atom. The lowest BCUT2D eigenvalue weighted by Crippen LogP contribution is -1.98. The number of ether oxygens (including phenoxy) is 1. The molecule has 0 heterocycles. The maximum atomic E-state index is 6.04. The number of aliphatic imine (C=N–C) groups is 1. The Morgan fingerprint density at radius 1 is 0.885 bits per heavy atom. The highest BCUT2D eigenvalue weighted by Gasteiger charge is 2.04. The minimum Gasteiger partial charge on any atom is -0.488 e. The highest BCUT2D eigenvalue weighted by atomic mass is 79.9. The van der Waals surface area contributed by atoms with Crippen LogP contribution in [-0.2, 0) is 6.61 Å². The van der Waals surface area contributed by atoms with E-state index >= 15 is 0 Å². The van der Waals surface area contributed by atoms with Crippen LogP contribution in [-0.4, -0.2) is 6.21 Å². The average molecular weight is 408 g/mol. The van der Waals surface area contributed by atoms with Crippen molar-refractivity contribution < 1.29 is 4.74 Å². The lowest BCUT2D eigenvalue weighted by molar-refractivity contribution is 0.306. The Kier molecular flexibility index (Phi) is 5.89. The molecule has 2 nitrogen and oxygen atoms in total. The first-order chi connectivity index (χ1) is 12.5. The summed E-state index contributed by atoms with van der Waals surface area (Å²) in [5, 5.41) is 0. The van der Waals surface area contributed by atoms with E-state index in [0.29, 0.717) is 6.61 Å². The van der Waals surface area contributed by atoms with Crippen LogP contribution in [0.3, 0.4) is 0 Å². The van der Waals surface area contributed by atoms with Crippen LogP contribution in [0.4, 0.5) is 5.69 Å². The van der Waals surface area contributed by atoms with Gasteiger partial charge in [-0.1, -0.05) is 63.5 Å². The van der Waals surface area contributed by atoms with Gasteiger partial charge in [0.05, 0.1) is 5.69 Å². The number of hydrogen-bond donors (Lipinski definition) is 0. The van der Waals surface area contributed by atoms with Gasteiger partial charge in [0, 0.05) is 16.3 Å². The van der Waals surface area contributed by atoms with E-state index in [1.807, 2.05) is 30.5 Å². The van der Waals surface area contributed by atoms with Gasteiger partial charge in [0.2, 0.25) is 0 Å². The first-order valence-corrected chi connectivity index (χ1v) is 9.40. The normalized spacial score (nSPS) is 11.1.